The topological polar surface area (TPSA) is 62.6 Å². The molecule has 0 saturated heterocycles. The van der Waals surface area contributed by atoms with Gasteiger partial charge in [0.25, 0.3) is 0 Å². The minimum absolute atomic E-state index is 0.147. The molecule has 0 radical (unpaired) electrons. The highest BCUT2D eigenvalue weighted by Crippen LogP contribution is 2.16. The number of aryl methyl sites for hydroxylation is 1. The van der Waals surface area contributed by atoms with Gasteiger partial charge in [-0.05, 0) is 13.0 Å². The Labute approximate surface area is 96.3 Å². The lowest BCUT2D eigenvalue weighted by Crippen LogP contribution is -2.26. The molecule has 0 atom stereocenters. The predicted octanol–water partition coefficient (Wildman–Crippen LogP) is 1.03. The Bertz CT molecular complexity index is 334. The van der Waals surface area contributed by atoms with Crippen LogP contribution in [0.3, 0.4) is 0 Å². The van der Waals surface area contributed by atoms with Crippen molar-refractivity contribution < 1.29 is 9.52 Å². The molecule has 0 bridgehead atoms. The van der Waals surface area contributed by atoms with Gasteiger partial charge in [0.2, 0.25) is 0 Å². The zero-order valence-electron chi connectivity index (χ0n) is 9.78. The van der Waals surface area contributed by atoms with E-state index in [4.69, 9.17) is 15.3 Å². The molecular weight excluding hydrogens is 204 g/mol. The molecule has 3 N–H and O–H groups in total. The van der Waals surface area contributed by atoms with Gasteiger partial charge in [-0.3, -0.25) is 4.90 Å². The normalized spacial score (nSPS) is 11.0. The Morgan fingerprint density at radius 2 is 2.38 bits per heavy atom. The molecule has 16 heavy (non-hydrogen) atoms. The molecule has 0 fully saturated rings. The first-order valence-corrected chi connectivity index (χ1v) is 5.43. The van der Waals surface area contributed by atoms with E-state index in [1.165, 1.54) is 0 Å². The first kappa shape index (κ1) is 13.0. The summed E-state index contributed by atoms with van der Waals surface area (Å²) in [5.41, 5.74) is 6.64. The van der Waals surface area contributed by atoms with Crippen molar-refractivity contribution in [1.29, 1.82) is 0 Å². The van der Waals surface area contributed by atoms with Crippen molar-refractivity contribution in [2.45, 2.75) is 20.0 Å². The summed E-state index contributed by atoms with van der Waals surface area (Å²) >= 11 is 0. The third-order valence-corrected chi connectivity index (χ3v) is 2.47. The molecule has 4 nitrogen and oxygen atoms in total. The SMILES string of the molecule is C=CCN(CCO)Cc1cc(CN)oc1C. The standard InChI is InChI=1S/C12H20N2O2/c1-3-4-14(5-6-15)9-11-7-12(8-13)16-10(11)2/h3,7,15H,1,4-6,8-9,13H2,2H3. The Kier molecular flexibility index (Phi) is 5.25. The van der Waals surface area contributed by atoms with E-state index in [1.54, 1.807) is 0 Å². The Balaban J connectivity index is 2.67. The molecule has 1 aromatic heterocycles. The van der Waals surface area contributed by atoms with E-state index in [-0.39, 0.29) is 6.61 Å². The largest absolute Gasteiger partial charge is 0.465 e. The summed E-state index contributed by atoms with van der Waals surface area (Å²) in [6.07, 6.45) is 1.83. The number of hydrogen-bond acceptors (Lipinski definition) is 4. The number of aliphatic hydroxyl groups excluding tert-OH is 1. The van der Waals surface area contributed by atoms with Gasteiger partial charge in [-0.2, -0.15) is 0 Å². The van der Waals surface area contributed by atoms with E-state index in [0.29, 0.717) is 13.1 Å². The molecule has 0 unspecified atom stereocenters. The van der Waals surface area contributed by atoms with Crippen LogP contribution >= 0.6 is 0 Å². The molecule has 1 heterocycles. The summed E-state index contributed by atoms with van der Waals surface area (Å²) in [6, 6.07) is 1.97. The van der Waals surface area contributed by atoms with Crippen LogP contribution in [0.25, 0.3) is 0 Å². The van der Waals surface area contributed by atoms with Gasteiger partial charge in [0.1, 0.15) is 11.5 Å². The molecule has 0 aliphatic carbocycles. The summed E-state index contributed by atoms with van der Waals surface area (Å²) in [6.45, 7) is 8.34. The number of rotatable bonds is 7. The van der Waals surface area contributed by atoms with Crippen molar-refractivity contribution in [3.8, 4) is 0 Å². The fourth-order valence-corrected chi connectivity index (χ4v) is 1.64. The van der Waals surface area contributed by atoms with Crippen molar-refractivity contribution in [1.82, 2.24) is 4.90 Å². The Hall–Kier alpha value is -1.10. The van der Waals surface area contributed by atoms with Crippen molar-refractivity contribution in [2.24, 2.45) is 5.73 Å². The van der Waals surface area contributed by atoms with Crippen LogP contribution in [-0.4, -0.2) is 29.7 Å². The summed E-state index contributed by atoms with van der Waals surface area (Å²) in [5, 5.41) is 8.94. The van der Waals surface area contributed by atoms with E-state index in [9.17, 15) is 0 Å². The minimum Gasteiger partial charge on any atom is -0.465 e. The highest BCUT2D eigenvalue weighted by atomic mass is 16.3. The lowest BCUT2D eigenvalue weighted by Gasteiger charge is -2.18. The van der Waals surface area contributed by atoms with Gasteiger partial charge < -0.3 is 15.3 Å². The summed E-state index contributed by atoms with van der Waals surface area (Å²) < 4.78 is 5.48. The molecule has 1 aromatic rings. The van der Waals surface area contributed by atoms with Gasteiger partial charge in [-0.1, -0.05) is 6.08 Å². The maximum Gasteiger partial charge on any atom is 0.118 e. The maximum absolute atomic E-state index is 8.94. The highest BCUT2D eigenvalue weighted by Gasteiger charge is 2.10. The van der Waals surface area contributed by atoms with Gasteiger partial charge in [0.15, 0.2) is 0 Å². The molecule has 0 aliphatic rings. The van der Waals surface area contributed by atoms with Crippen LogP contribution in [-0.2, 0) is 13.1 Å². The average Bonchev–Trinajstić information content (AvgIpc) is 2.60. The van der Waals surface area contributed by atoms with Crippen molar-refractivity contribution in [3.63, 3.8) is 0 Å². The number of furan rings is 1. The minimum atomic E-state index is 0.147. The van der Waals surface area contributed by atoms with Crippen LogP contribution in [0.5, 0.6) is 0 Å². The second-order valence-electron chi connectivity index (χ2n) is 3.75. The van der Waals surface area contributed by atoms with Crippen LogP contribution in [0.15, 0.2) is 23.1 Å². The summed E-state index contributed by atoms with van der Waals surface area (Å²) in [7, 11) is 0. The van der Waals surface area contributed by atoms with Gasteiger partial charge in [-0.15, -0.1) is 6.58 Å². The van der Waals surface area contributed by atoms with Crippen molar-refractivity contribution in [2.75, 3.05) is 19.7 Å². The monoisotopic (exact) mass is 224 g/mol. The quantitative estimate of drug-likeness (QED) is 0.679. The molecule has 0 aliphatic heterocycles. The van der Waals surface area contributed by atoms with Gasteiger partial charge in [0, 0.05) is 25.2 Å². The summed E-state index contributed by atoms with van der Waals surface area (Å²) in [5.74, 6) is 1.70. The van der Waals surface area contributed by atoms with Gasteiger partial charge in [-0.25, -0.2) is 0 Å². The van der Waals surface area contributed by atoms with E-state index in [0.717, 1.165) is 30.2 Å². The molecule has 90 valence electrons. The van der Waals surface area contributed by atoms with Gasteiger partial charge in [0.05, 0.1) is 13.2 Å². The zero-order valence-corrected chi connectivity index (χ0v) is 9.78. The smallest absolute Gasteiger partial charge is 0.118 e. The third kappa shape index (κ3) is 3.48. The predicted molar refractivity (Wildman–Crippen MR) is 63.9 cm³/mol. The number of aliphatic hydroxyl groups is 1. The molecule has 1 rings (SSSR count). The van der Waals surface area contributed by atoms with E-state index >= 15 is 0 Å². The third-order valence-electron chi connectivity index (χ3n) is 2.47. The Morgan fingerprint density at radius 3 is 2.88 bits per heavy atom. The molecular formula is C12H20N2O2. The van der Waals surface area contributed by atoms with Crippen LogP contribution < -0.4 is 5.73 Å². The second-order valence-corrected chi connectivity index (χ2v) is 3.75. The van der Waals surface area contributed by atoms with Crippen LogP contribution in [0, 0.1) is 6.92 Å². The second kappa shape index (κ2) is 6.48. The van der Waals surface area contributed by atoms with Gasteiger partial charge >= 0.3 is 0 Å². The molecule has 0 amide bonds. The number of nitrogens with two attached hydrogens (primary N) is 1. The lowest BCUT2D eigenvalue weighted by atomic mass is 10.2. The highest BCUT2D eigenvalue weighted by molar-refractivity contribution is 5.20. The Morgan fingerprint density at radius 1 is 1.62 bits per heavy atom. The van der Waals surface area contributed by atoms with Crippen LogP contribution in [0.4, 0.5) is 0 Å². The maximum atomic E-state index is 8.94. The molecule has 0 saturated carbocycles. The lowest BCUT2D eigenvalue weighted by molar-refractivity contribution is 0.203. The number of nitrogens with zero attached hydrogens (tertiary/aromatic N) is 1. The fourth-order valence-electron chi connectivity index (χ4n) is 1.64. The van der Waals surface area contributed by atoms with Crippen molar-refractivity contribution in [3.05, 3.63) is 35.8 Å². The van der Waals surface area contributed by atoms with Crippen LogP contribution in [0.1, 0.15) is 17.1 Å². The molecule has 0 spiro atoms. The molecule has 0 aromatic carbocycles. The summed E-state index contributed by atoms with van der Waals surface area (Å²) in [4.78, 5) is 2.10. The number of hydrogen-bond donors (Lipinski definition) is 2. The van der Waals surface area contributed by atoms with Crippen LogP contribution in [0.2, 0.25) is 0 Å². The average molecular weight is 224 g/mol. The fraction of sp³-hybridized carbons (Fsp3) is 0.500. The van der Waals surface area contributed by atoms with E-state index in [1.807, 2.05) is 19.1 Å². The van der Waals surface area contributed by atoms with E-state index < -0.39 is 0 Å². The first-order valence-electron chi connectivity index (χ1n) is 5.43. The zero-order chi connectivity index (χ0) is 12.0. The van der Waals surface area contributed by atoms with Crippen molar-refractivity contribution >= 4 is 0 Å². The first-order chi connectivity index (χ1) is 7.71. The molecule has 4 heteroatoms. The van der Waals surface area contributed by atoms with E-state index in [2.05, 4.69) is 11.5 Å².